The molecule has 0 aliphatic carbocycles. The van der Waals surface area contributed by atoms with E-state index in [1.807, 2.05) is 6.07 Å². The first-order chi connectivity index (χ1) is 12.7. The minimum absolute atomic E-state index is 0.145. The third kappa shape index (κ3) is 3.06. The van der Waals surface area contributed by atoms with Crippen molar-refractivity contribution in [3.05, 3.63) is 59.2 Å². The van der Waals surface area contributed by atoms with Crippen LogP contribution in [0.2, 0.25) is 5.02 Å². The average molecular weight is 366 g/mol. The number of nitrogens with zero attached hydrogens (tertiary/aromatic N) is 3. The fraction of sp³-hybridized carbons (Fsp3) is 0.0556. The summed E-state index contributed by atoms with van der Waals surface area (Å²) in [6, 6.07) is 14.4. The number of rotatable bonds is 4. The van der Waals surface area contributed by atoms with Crippen molar-refractivity contribution in [3.8, 4) is 17.6 Å². The Labute approximate surface area is 154 Å². The maximum Gasteiger partial charge on any atom is 0.231 e. The molecule has 1 aromatic heterocycles. The molecule has 26 heavy (non-hydrogen) atoms. The summed E-state index contributed by atoms with van der Waals surface area (Å²) >= 11 is 6.27. The third-order valence-corrected chi connectivity index (χ3v) is 4.01. The lowest BCUT2D eigenvalue weighted by atomic mass is 10.2. The molecule has 0 saturated heterocycles. The molecule has 7 nitrogen and oxygen atoms in total. The van der Waals surface area contributed by atoms with E-state index >= 15 is 0 Å². The highest BCUT2D eigenvalue weighted by molar-refractivity contribution is 6.33. The van der Waals surface area contributed by atoms with Crippen molar-refractivity contribution in [1.29, 1.82) is 5.26 Å². The number of fused-ring (bicyclic) bond motifs is 1. The van der Waals surface area contributed by atoms with Crippen LogP contribution in [0.5, 0.6) is 11.5 Å². The first-order valence-corrected chi connectivity index (χ1v) is 8.07. The summed E-state index contributed by atoms with van der Waals surface area (Å²) in [5, 5.41) is 15.8. The van der Waals surface area contributed by atoms with Crippen LogP contribution in [0.25, 0.3) is 0 Å². The van der Waals surface area contributed by atoms with Crippen LogP contribution in [0, 0.1) is 11.3 Å². The highest BCUT2D eigenvalue weighted by Crippen LogP contribution is 2.44. The SMILES string of the molecule is N#Cc1ccccc1Nc1nccc(Nc2c(Cl)ccc3c2OCO3)n1. The van der Waals surface area contributed by atoms with Crippen LogP contribution in [0.4, 0.5) is 23.1 Å². The largest absolute Gasteiger partial charge is 0.454 e. The molecule has 3 aromatic rings. The quantitative estimate of drug-likeness (QED) is 0.715. The van der Waals surface area contributed by atoms with Gasteiger partial charge in [-0.1, -0.05) is 23.7 Å². The normalized spacial score (nSPS) is 11.7. The molecule has 128 valence electrons. The van der Waals surface area contributed by atoms with Gasteiger partial charge < -0.3 is 20.1 Å². The molecule has 0 atom stereocenters. The number of ether oxygens (including phenoxy) is 2. The van der Waals surface area contributed by atoms with Crippen molar-refractivity contribution in [2.45, 2.75) is 0 Å². The van der Waals surface area contributed by atoms with Crippen LogP contribution in [-0.2, 0) is 0 Å². The molecule has 0 saturated carbocycles. The Balaban J connectivity index is 1.62. The molecule has 1 aliphatic heterocycles. The number of nitrogens with one attached hydrogen (secondary N) is 2. The molecule has 2 N–H and O–H groups in total. The predicted octanol–water partition coefficient (Wildman–Crippen LogP) is 4.22. The van der Waals surface area contributed by atoms with Crippen molar-refractivity contribution >= 4 is 34.7 Å². The van der Waals surface area contributed by atoms with E-state index in [0.717, 1.165) is 0 Å². The van der Waals surface area contributed by atoms with Gasteiger partial charge in [0.2, 0.25) is 12.7 Å². The predicted molar refractivity (Wildman–Crippen MR) is 97.3 cm³/mol. The van der Waals surface area contributed by atoms with Gasteiger partial charge in [-0.25, -0.2) is 4.98 Å². The Morgan fingerprint density at radius 3 is 2.85 bits per heavy atom. The van der Waals surface area contributed by atoms with Gasteiger partial charge >= 0.3 is 0 Å². The van der Waals surface area contributed by atoms with Crippen molar-refractivity contribution in [2.75, 3.05) is 17.4 Å². The van der Waals surface area contributed by atoms with Gasteiger partial charge in [-0.05, 0) is 30.3 Å². The minimum atomic E-state index is 0.145. The minimum Gasteiger partial charge on any atom is -0.454 e. The second-order valence-corrected chi connectivity index (χ2v) is 5.74. The zero-order valence-electron chi connectivity index (χ0n) is 13.4. The Hall–Kier alpha value is -3.50. The first kappa shape index (κ1) is 16.0. The Kier molecular flexibility index (Phi) is 4.17. The second kappa shape index (κ2) is 6.78. The number of aromatic nitrogens is 2. The maximum atomic E-state index is 9.18. The first-order valence-electron chi connectivity index (χ1n) is 7.69. The standard InChI is InChI=1S/C18H12ClN5O2/c19-12-5-6-14-17(26-10-25-14)16(12)23-15-7-8-21-18(24-15)22-13-4-2-1-3-11(13)9-20/h1-8H,10H2,(H2,21,22,23,24). The number of para-hydroxylation sites is 1. The number of benzene rings is 2. The Bertz CT molecular complexity index is 1020. The topological polar surface area (TPSA) is 92.1 Å². The zero-order valence-corrected chi connectivity index (χ0v) is 14.1. The van der Waals surface area contributed by atoms with Gasteiger partial charge in [0.05, 0.1) is 16.3 Å². The number of hydrogen-bond acceptors (Lipinski definition) is 7. The van der Waals surface area contributed by atoms with Crippen molar-refractivity contribution < 1.29 is 9.47 Å². The summed E-state index contributed by atoms with van der Waals surface area (Å²) in [4.78, 5) is 8.59. The third-order valence-electron chi connectivity index (χ3n) is 3.69. The van der Waals surface area contributed by atoms with E-state index < -0.39 is 0 Å². The molecular formula is C18H12ClN5O2. The van der Waals surface area contributed by atoms with E-state index in [2.05, 4.69) is 26.7 Å². The van der Waals surface area contributed by atoms with E-state index in [4.69, 9.17) is 21.1 Å². The van der Waals surface area contributed by atoms with E-state index in [0.29, 0.717) is 45.2 Å². The van der Waals surface area contributed by atoms with Crippen LogP contribution < -0.4 is 20.1 Å². The molecular weight excluding hydrogens is 354 g/mol. The fourth-order valence-corrected chi connectivity index (χ4v) is 2.69. The van der Waals surface area contributed by atoms with E-state index in [-0.39, 0.29) is 6.79 Å². The molecule has 0 spiro atoms. The zero-order chi connectivity index (χ0) is 17.9. The second-order valence-electron chi connectivity index (χ2n) is 5.33. The molecule has 0 fully saturated rings. The molecule has 4 rings (SSSR count). The summed E-state index contributed by atoms with van der Waals surface area (Å²) in [7, 11) is 0. The maximum absolute atomic E-state index is 9.18. The van der Waals surface area contributed by atoms with E-state index in [9.17, 15) is 5.26 Å². The Morgan fingerprint density at radius 2 is 1.96 bits per heavy atom. The van der Waals surface area contributed by atoms with Gasteiger partial charge in [-0.2, -0.15) is 10.2 Å². The van der Waals surface area contributed by atoms with Crippen LogP contribution in [-0.4, -0.2) is 16.8 Å². The van der Waals surface area contributed by atoms with Crippen molar-refractivity contribution in [3.63, 3.8) is 0 Å². The highest BCUT2D eigenvalue weighted by atomic mass is 35.5. The molecule has 0 amide bonds. The number of halogens is 1. The van der Waals surface area contributed by atoms with Crippen molar-refractivity contribution in [1.82, 2.24) is 9.97 Å². The van der Waals surface area contributed by atoms with Crippen LogP contribution in [0.15, 0.2) is 48.7 Å². The molecule has 1 aliphatic rings. The number of hydrogen-bond donors (Lipinski definition) is 2. The van der Waals surface area contributed by atoms with Gasteiger partial charge in [0, 0.05) is 6.20 Å². The van der Waals surface area contributed by atoms with Crippen LogP contribution in [0.3, 0.4) is 0 Å². The highest BCUT2D eigenvalue weighted by Gasteiger charge is 2.21. The lowest BCUT2D eigenvalue weighted by Gasteiger charge is -2.12. The van der Waals surface area contributed by atoms with Crippen LogP contribution in [0.1, 0.15) is 5.56 Å². The molecule has 2 heterocycles. The van der Waals surface area contributed by atoms with Gasteiger partial charge in [-0.3, -0.25) is 0 Å². The summed E-state index contributed by atoms with van der Waals surface area (Å²) in [5.74, 6) is 2.02. The summed E-state index contributed by atoms with van der Waals surface area (Å²) < 4.78 is 10.8. The monoisotopic (exact) mass is 365 g/mol. The lowest BCUT2D eigenvalue weighted by Crippen LogP contribution is -2.02. The summed E-state index contributed by atoms with van der Waals surface area (Å²) in [6.45, 7) is 0.145. The molecule has 0 radical (unpaired) electrons. The fourth-order valence-electron chi connectivity index (χ4n) is 2.49. The number of anilines is 4. The van der Waals surface area contributed by atoms with Gasteiger partial charge in [-0.15, -0.1) is 0 Å². The average Bonchev–Trinajstić information content (AvgIpc) is 3.14. The van der Waals surface area contributed by atoms with Crippen molar-refractivity contribution in [2.24, 2.45) is 0 Å². The van der Waals surface area contributed by atoms with E-state index in [1.54, 1.807) is 42.6 Å². The lowest BCUT2D eigenvalue weighted by molar-refractivity contribution is 0.174. The smallest absolute Gasteiger partial charge is 0.231 e. The molecule has 0 bridgehead atoms. The molecule has 0 unspecified atom stereocenters. The van der Waals surface area contributed by atoms with Gasteiger partial charge in [0.25, 0.3) is 0 Å². The van der Waals surface area contributed by atoms with Gasteiger partial charge in [0.1, 0.15) is 17.6 Å². The number of nitriles is 1. The van der Waals surface area contributed by atoms with Gasteiger partial charge in [0.15, 0.2) is 11.5 Å². The van der Waals surface area contributed by atoms with Crippen LogP contribution >= 0.6 is 11.6 Å². The van der Waals surface area contributed by atoms with E-state index in [1.165, 1.54) is 0 Å². The Morgan fingerprint density at radius 1 is 1.08 bits per heavy atom. The molecule has 8 heteroatoms. The summed E-state index contributed by atoms with van der Waals surface area (Å²) in [6.07, 6.45) is 1.60. The molecule has 2 aromatic carbocycles. The summed E-state index contributed by atoms with van der Waals surface area (Å²) in [5.41, 5.74) is 1.70.